The van der Waals surface area contributed by atoms with Gasteiger partial charge < -0.3 is 9.97 Å². The van der Waals surface area contributed by atoms with Crippen molar-refractivity contribution in [3.8, 4) is 11.4 Å². The maximum atomic E-state index is 3.65. The van der Waals surface area contributed by atoms with Crippen LogP contribution in [-0.2, 0) is 6.42 Å². The fourth-order valence-corrected chi connectivity index (χ4v) is 3.47. The summed E-state index contributed by atoms with van der Waals surface area (Å²) in [5.41, 5.74) is 5.93. The molecular weight excluding hydrogens is 324 g/mol. The van der Waals surface area contributed by atoms with Gasteiger partial charge in [0.15, 0.2) is 0 Å². The zero-order valence-electron chi connectivity index (χ0n) is 11.7. The number of hydrogen-bond donors (Lipinski definition) is 2. The van der Waals surface area contributed by atoms with Crippen LogP contribution < -0.4 is 0 Å². The van der Waals surface area contributed by atoms with Crippen LogP contribution in [0, 0.1) is 0 Å². The van der Waals surface area contributed by atoms with Crippen LogP contribution in [0.4, 0.5) is 0 Å². The molecule has 0 unspecified atom stereocenters. The van der Waals surface area contributed by atoms with E-state index in [1.807, 2.05) is 0 Å². The Labute approximate surface area is 131 Å². The fourth-order valence-electron chi connectivity index (χ4n) is 2.83. The van der Waals surface area contributed by atoms with E-state index in [1.165, 1.54) is 31.8 Å². The smallest absolute Gasteiger partial charge is 0.0630 e. The quantitative estimate of drug-likeness (QED) is 0.474. The lowest BCUT2D eigenvalue weighted by atomic mass is 10.1. The van der Waals surface area contributed by atoms with E-state index in [4.69, 9.17) is 0 Å². The molecule has 0 saturated carbocycles. The third-order valence-electron chi connectivity index (χ3n) is 3.99. The van der Waals surface area contributed by atoms with Gasteiger partial charge in [-0.05, 0) is 42.3 Å². The van der Waals surface area contributed by atoms with Gasteiger partial charge in [-0.15, -0.1) is 0 Å². The molecule has 0 aliphatic carbocycles. The minimum Gasteiger partial charge on any atom is -0.353 e. The Kier molecular flexibility index (Phi) is 2.89. The Balaban J connectivity index is 1.89. The van der Waals surface area contributed by atoms with E-state index < -0.39 is 0 Å². The van der Waals surface area contributed by atoms with Crippen molar-refractivity contribution in [1.82, 2.24) is 9.97 Å². The number of halogens is 1. The Morgan fingerprint density at radius 3 is 2.33 bits per heavy atom. The molecule has 2 nitrogen and oxygen atoms in total. The number of aromatic nitrogens is 2. The maximum Gasteiger partial charge on any atom is 0.0630 e. The third kappa shape index (κ3) is 2.09. The van der Waals surface area contributed by atoms with Gasteiger partial charge in [0.1, 0.15) is 0 Å². The molecule has 2 aromatic carbocycles. The molecule has 4 rings (SSSR count). The number of aryl methyl sites for hydroxylation is 1. The van der Waals surface area contributed by atoms with Crippen LogP contribution in [0.25, 0.3) is 33.2 Å². The van der Waals surface area contributed by atoms with Gasteiger partial charge >= 0.3 is 0 Å². The molecule has 0 aliphatic rings. The van der Waals surface area contributed by atoms with Gasteiger partial charge in [0.2, 0.25) is 0 Å². The number of rotatable bonds is 2. The highest BCUT2D eigenvalue weighted by molar-refractivity contribution is 9.10. The minimum atomic E-state index is 1.03. The molecule has 21 heavy (non-hydrogen) atoms. The molecule has 0 spiro atoms. The first-order valence-corrected chi connectivity index (χ1v) is 7.93. The van der Waals surface area contributed by atoms with Crippen LogP contribution in [-0.4, -0.2) is 9.97 Å². The van der Waals surface area contributed by atoms with Crippen molar-refractivity contribution in [2.24, 2.45) is 0 Å². The van der Waals surface area contributed by atoms with Crippen molar-refractivity contribution in [1.29, 1.82) is 0 Å². The summed E-state index contributed by atoms with van der Waals surface area (Å²) in [6.45, 7) is 2.17. The van der Waals surface area contributed by atoms with Gasteiger partial charge in [-0.2, -0.15) is 0 Å². The van der Waals surface area contributed by atoms with Gasteiger partial charge in [-0.1, -0.05) is 41.1 Å². The fraction of sp³-hybridized carbons (Fsp3) is 0.111. The third-order valence-corrected chi connectivity index (χ3v) is 4.73. The Bertz CT molecular complexity index is 913. The van der Waals surface area contributed by atoms with Crippen LogP contribution in [0.5, 0.6) is 0 Å². The normalized spacial score (nSPS) is 11.5. The maximum absolute atomic E-state index is 3.65. The van der Waals surface area contributed by atoms with Gasteiger partial charge in [0.25, 0.3) is 0 Å². The van der Waals surface area contributed by atoms with Gasteiger partial charge in [-0.25, -0.2) is 0 Å². The van der Waals surface area contributed by atoms with Crippen LogP contribution in [0.15, 0.2) is 53.0 Å². The van der Waals surface area contributed by atoms with Gasteiger partial charge in [0, 0.05) is 26.3 Å². The van der Waals surface area contributed by atoms with E-state index in [1.54, 1.807) is 0 Å². The molecule has 104 valence electrons. The van der Waals surface area contributed by atoms with Crippen molar-refractivity contribution >= 4 is 37.7 Å². The van der Waals surface area contributed by atoms with Gasteiger partial charge in [0.05, 0.1) is 11.4 Å². The summed E-state index contributed by atoms with van der Waals surface area (Å²) in [7, 11) is 0. The molecule has 0 atom stereocenters. The summed E-state index contributed by atoms with van der Waals surface area (Å²) in [6, 6.07) is 17.2. The molecule has 4 aromatic rings. The SMILES string of the molecule is CCc1cc2[nH]c(-c3cc4ccccc4[nH]3)cc2cc1Br. The average molecular weight is 339 g/mol. The van der Waals surface area contributed by atoms with E-state index in [0.717, 1.165) is 17.8 Å². The summed E-state index contributed by atoms with van der Waals surface area (Å²) in [4.78, 5) is 7.00. The van der Waals surface area contributed by atoms with Crippen molar-refractivity contribution < 1.29 is 0 Å². The predicted molar refractivity (Wildman–Crippen MR) is 92.7 cm³/mol. The Morgan fingerprint density at radius 1 is 0.857 bits per heavy atom. The highest BCUT2D eigenvalue weighted by Gasteiger charge is 2.08. The van der Waals surface area contributed by atoms with E-state index in [0.29, 0.717) is 0 Å². The first-order valence-electron chi connectivity index (χ1n) is 7.14. The molecule has 0 bridgehead atoms. The summed E-state index contributed by atoms with van der Waals surface area (Å²) in [5.74, 6) is 0. The number of benzene rings is 2. The lowest BCUT2D eigenvalue weighted by Gasteiger charge is -2.00. The van der Waals surface area contributed by atoms with Crippen LogP contribution in [0.3, 0.4) is 0 Å². The number of fused-ring (bicyclic) bond motifs is 2. The van der Waals surface area contributed by atoms with Gasteiger partial charge in [-0.3, -0.25) is 0 Å². The Morgan fingerprint density at radius 2 is 1.57 bits per heavy atom. The molecule has 0 amide bonds. The van der Waals surface area contributed by atoms with Crippen molar-refractivity contribution in [3.05, 3.63) is 58.6 Å². The first kappa shape index (κ1) is 12.7. The van der Waals surface area contributed by atoms with E-state index in [9.17, 15) is 0 Å². The zero-order chi connectivity index (χ0) is 14.4. The highest BCUT2D eigenvalue weighted by Crippen LogP contribution is 2.30. The zero-order valence-corrected chi connectivity index (χ0v) is 13.3. The highest BCUT2D eigenvalue weighted by atomic mass is 79.9. The molecular formula is C18H15BrN2. The molecule has 0 radical (unpaired) electrons. The lowest BCUT2D eigenvalue weighted by molar-refractivity contribution is 1.13. The number of para-hydroxylation sites is 1. The van der Waals surface area contributed by atoms with Crippen molar-refractivity contribution in [2.75, 3.05) is 0 Å². The molecule has 2 heterocycles. The van der Waals surface area contributed by atoms with E-state index in [-0.39, 0.29) is 0 Å². The summed E-state index contributed by atoms with van der Waals surface area (Å²) >= 11 is 3.65. The Hall–Kier alpha value is -2.00. The number of aromatic amines is 2. The molecule has 0 saturated heterocycles. The number of hydrogen-bond acceptors (Lipinski definition) is 0. The van der Waals surface area contributed by atoms with E-state index in [2.05, 4.69) is 81.4 Å². The molecule has 2 N–H and O–H groups in total. The number of nitrogens with one attached hydrogen (secondary N) is 2. The number of H-pyrrole nitrogens is 2. The van der Waals surface area contributed by atoms with Crippen LogP contribution >= 0.6 is 15.9 Å². The largest absolute Gasteiger partial charge is 0.353 e. The standard InChI is InChI=1S/C18H15BrN2/c1-2-11-8-16-13(7-14(11)19)10-18(21-16)17-9-12-5-3-4-6-15(12)20-17/h3-10,20-21H,2H2,1H3. The minimum absolute atomic E-state index is 1.03. The molecule has 2 aromatic heterocycles. The molecule has 0 fully saturated rings. The second-order valence-electron chi connectivity index (χ2n) is 5.34. The lowest BCUT2D eigenvalue weighted by Crippen LogP contribution is -1.82. The second kappa shape index (κ2) is 4.78. The summed E-state index contributed by atoms with van der Waals surface area (Å²) < 4.78 is 1.18. The summed E-state index contributed by atoms with van der Waals surface area (Å²) in [5, 5.41) is 2.47. The average Bonchev–Trinajstić information content (AvgIpc) is 3.09. The van der Waals surface area contributed by atoms with Crippen molar-refractivity contribution in [3.63, 3.8) is 0 Å². The topological polar surface area (TPSA) is 31.6 Å². The van der Waals surface area contributed by atoms with Crippen LogP contribution in [0.2, 0.25) is 0 Å². The van der Waals surface area contributed by atoms with Crippen molar-refractivity contribution in [2.45, 2.75) is 13.3 Å². The molecule has 0 aliphatic heterocycles. The van der Waals surface area contributed by atoms with E-state index >= 15 is 0 Å². The first-order chi connectivity index (χ1) is 10.2. The monoisotopic (exact) mass is 338 g/mol. The second-order valence-corrected chi connectivity index (χ2v) is 6.19. The van der Waals surface area contributed by atoms with Crippen LogP contribution in [0.1, 0.15) is 12.5 Å². The molecule has 3 heteroatoms. The summed E-state index contributed by atoms with van der Waals surface area (Å²) in [6.07, 6.45) is 1.03. The predicted octanol–water partition coefficient (Wildman–Crippen LogP) is 5.64.